The van der Waals surface area contributed by atoms with Gasteiger partial charge in [-0.25, -0.2) is 4.79 Å². The minimum atomic E-state index is -0.287. The summed E-state index contributed by atoms with van der Waals surface area (Å²) < 4.78 is 4.79. The Morgan fingerprint density at radius 3 is 2.82 bits per heavy atom. The summed E-state index contributed by atoms with van der Waals surface area (Å²) in [6.45, 7) is 3.74. The third-order valence-electron chi connectivity index (χ3n) is 2.16. The lowest BCUT2D eigenvalue weighted by Gasteiger charge is -2.13. The second-order valence-electron chi connectivity index (χ2n) is 3.71. The van der Waals surface area contributed by atoms with Crippen LogP contribution in [0.5, 0.6) is 0 Å². The molecule has 1 rings (SSSR count). The molecule has 0 aromatic carbocycles. The highest BCUT2D eigenvalue weighted by molar-refractivity contribution is 5.81. The monoisotopic (exact) mass is 234 g/mol. The summed E-state index contributed by atoms with van der Waals surface area (Å²) in [6, 6.07) is 3.96. The standard InChI is InChI=1S/C13H18N2O2/c1-3-17-13(16)5-4-10-15(2)11-12-6-8-14-9-7-12/h4-9H,3,10-11H2,1-2H3/b5-4+. The first-order chi connectivity index (χ1) is 8.22. The number of hydrogen-bond donors (Lipinski definition) is 0. The summed E-state index contributed by atoms with van der Waals surface area (Å²) >= 11 is 0. The molecule has 1 aromatic rings. The third-order valence-corrected chi connectivity index (χ3v) is 2.16. The van der Waals surface area contributed by atoms with Gasteiger partial charge in [0.1, 0.15) is 0 Å². The quantitative estimate of drug-likeness (QED) is 0.554. The van der Waals surface area contributed by atoms with E-state index in [4.69, 9.17) is 4.74 Å². The van der Waals surface area contributed by atoms with Crippen molar-refractivity contribution in [2.24, 2.45) is 0 Å². The van der Waals surface area contributed by atoms with Gasteiger partial charge in [0.25, 0.3) is 0 Å². The lowest BCUT2D eigenvalue weighted by Crippen LogP contribution is -2.17. The van der Waals surface area contributed by atoms with Crippen LogP contribution in [0, 0.1) is 0 Å². The molecule has 1 heterocycles. The summed E-state index contributed by atoms with van der Waals surface area (Å²) in [4.78, 5) is 17.1. The molecule has 17 heavy (non-hydrogen) atoms. The highest BCUT2D eigenvalue weighted by atomic mass is 16.5. The van der Waals surface area contributed by atoms with Gasteiger partial charge in [-0.2, -0.15) is 0 Å². The molecule has 4 heteroatoms. The number of nitrogens with zero attached hydrogens (tertiary/aromatic N) is 2. The van der Waals surface area contributed by atoms with Crippen molar-refractivity contribution in [1.82, 2.24) is 9.88 Å². The molecule has 0 fully saturated rings. The van der Waals surface area contributed by atoms with Crippen LogP contribution in [0.1, 0.15) is 12.5 Å². The van der Waals surface area contributed by atoms with Gasteiger partial charge in [0.05, 0.1) is 6.61 Å². The third kappa shape index (κ3) is 5.82. The van der Waals surface area contributed by atoms with E-state index in [-0.39, 0.29) is 5.97 Å². The fourth-order valence-corrected chi connectivity index (χ4v) is 1.38. The van der Waals surface area contributed by atoms with Gasteiger partial charge in [0.15, 0.2) is 0 Å². The maximum atomic E-state index is 11.0. The lowest BCUT2D eigenvalue weighted by molar-refractivity contribution is -0.137. The number of aromatic nitrogens is 1. The van der Waals surface area contributed by atoms with Crippen LogP contribution in [0.3, 0.4) is 0 Å². The number of likely N-dealkylation sites (N-methyl/N-ethyl adjacent to an activating group) is 1. The van der Waals surface area contributed by atoms with Crippen LogP contribution in [0.15, 0.2) is 36.7 Å². The molecule has 92 valence electrons. The second-order valence-corrected chi connectivity index (χ2v) is 3.71. The molecule has 0 unspecified atom stereocenters. The zero-order valence-electron chi connectivity index (χ0n) is 10.3. The van der Waals surface area contributed by atoms with E-state index in [2.05, 4.69) is 9.88 Å². The average Bonchev–Trinajstić information content (AvgIpc) is 2.30. The SMILES string of the molecule is CCOC(=O)/C=C/CN(C)Cc1ccncc1. The summed E-state index contributed by atoms with van der Waals surface area (Å²) in [5.74, 6) is -0.287. The van der Waals surface area contributed by atoms with Crippen molar-refractivity contribution in [3.05, 3.63) is 42.2 Å². The van der Waals surface area contributed by atoms with Crippen LogP contribution in [-0.4, -0.2) is 36.1 Å². The number of ether oxygens (including phenoxy) is 1. The Kier molecular flexibility index (Phi) is 5.96. The number of pyridine rings is 1. The summed E-state index contributed by atoms with van der Waals surface area (Å²) in [5, 5.41) is 0. The molecule has 0 amide bonds. The van der Waals surface area contributed by atoms with Crippen LogP contribution >= 0.6 is 0 Å². The molecule has 0 N–H and O–H groups in total. The fourth-order valence-electron chi connectivity index (χ4n) is 1.38. The minimum Gasteiger partial charge on any atom is -0.463 e. The Morgan fingerprint density at radius 2 is 2.18 bits per heavy atom. The van der Waals surface area contributed by atoms with E-state index in [0.29, 0.717) is 13.2 Å². The number of carbonyl (C=O) groups excluding carboxylic acids is 1. The lowest BCUT2D eigenvalue weighted by atomic mass is 10.2. The van der Waals surface area contributed by atoms with Gasteiger partial charge in [-0.15, -0.1) is 0 Å². The smallest absolute Gasteiger partial charge is 0.330 e. The van der Waals surface area contributed by atoms with E-state index in [9.17, 15) is 4.79 Å². The number of carbonyl (C=O) groups is 1. The van der Waals surface area contributed by atoms with Crippen molar-refractivity contribution in [3.8, 4) is 0 Å². The van der Waals surface area contributed by atoms with E-state index in [0.717, 1.165) is 6.54 Å². The van der Waals surface area contributed by atoms with Crippen LogP contribution in [0.2, 0.25) is 0 Å². The van der Waals surface area contributed by atoms with Gasteiger partial charge < -0.3 is 4.74 Å². The van der Waals surface area contributed by atoms with Crippen LogP contribution in [0.25, 0.3) is 0 Å². The molecular weight excluding hydrogens is 216 g/mol. The predicted octanol–water partition coefficient (Wildman–Crippen LogP) is 1.63. The first-order valence-corrected chi connectivity index (χ1v) is 5.63. The summed E-state index contributed by atoms with van der Waals surface area (Å²) in [5.41, 5.74) is 1.20. The molecule has 0 saturated carbocycles. The molecule has 0 radical (unpaired) electrons. The fraction of sp³-hybridized carbons (Fsp3) is 0.385. The normalized spacial score (nSPS) is 11.0. The van der Waals surface area contributed by atoms with Crippen molar-refractivity contribution in [2.45, 2.75) is 13.5 Å². The molecule has 0 atom stereocenters. The number of esters is 1. The summed E-state index contributed by atoms with van der Waals surface area (Å²) in [7, 11) is 2.00. The molecule has 0 aliphatic heterocycles. The summed E-state index contributed by atoms with van der Waals surface area (Å²) in [6.07, 6.45) is 6.82. The van der Waals surface area contributed by atoms with Gasteiger partial charge >= 0.3 is 5.97 Å². The maximum absolute atomic E-state index is 11.0. The predicted molar refractivity (Wildman–Crippen MR) is 66.3 cm³/mol. The average molecular weight is 234 g/mol. The van der Waals surface area contributed by atoms with Crippen molar-refractivity contribution < 1.29 is 9.53 Å². The second kappa shape index (κ2) is 7.57. The van der Waals surface area contributed by atoms with Crippen LogP contribution in [0.4, 0.5) is 0 Å². The molecule has 1 aromatic heterocycles. The van der Waals surface area contributed by atoms with Crippen molar-refractivity contribution in [2.75, 3.05) is 20.2 Å². The zero-order valence-corrected chi connectivity index (χ0v) is 10.3. The minimum absolute atomic E-state index is 0.287. The number of hydrogen-bond acceptors (Lipinski definition) is 4. The van der Waals surface area contributed by atoms with Gasteiger partial charge in [0.2, 0.25) is 0 Å². The Hall–Kier alpha value is -1.68. The number of rotatable bonds is 6. The first-order valence-electron chi connectivity index (χ1n) is 5.63. The molecule has 0 aliphatic rings. The van der Waals surface area contributed by atoms with E-state index in [1.165, 1.54) is 11.6 Å². The molecule has 0 aliphatic carbocycles. The molecule has 0 saturated heterocycles. The maximum Gasteiger partial charge on any atom is 0.330 e. The van der Waals surface area contributed by atoms with Crippen molar-refractivity contribution in [3.63, 3.8) is 0 Å². The topological polar surface area (TPSA) is 42.4 Å². The Balaban J connectivity index is 2.30. The van der Waals surface area contributed by atoms with Crippen molar-refractivity contribution in [1.29, 1.82) is 0 Å². The van der Waals surface area contributed by atoms with E-state index in [1.807, 2.05) is 19.2 Å². The van der Waals surface area contributed by atoms with Crippen LogP contribution < -0.4 is 0 Å². The first kappa shape index (κ1) is 13.4. The largest absolute Gasteiger partial charge is 0.463 e. The Morgan fingerprint density at radius 1 is 1.47 bits per heavy atom. The highest BCUT2D eigenvalue weighted by Crippen LogP contribution is 2.00. The van der Waals surface area contributed by atoms with E-state index >= 15 is 0 Å². The molecular formula is C13H18N2O2. The zero-order chi connectivity index (χ0) is 12.5. The van der Waals surface area contributed by atoms with Gasteiger partial charge in [-0.05, 0) is 31.7 Å². The molecule has 0 spiro atoms. The van der Waals surface area contributed by atoms with Crippen LogP contribution in [-0.2, 0) is 16.1 Å². The molecule has 4 nitrogen and oxygen atoms in total. The van der Waals surface area contributed by atoms with E-state index < -0.39 is 0 Å². The Bertz CT molecular complexity index is 363. The van der Waals surface area contributed by atoms with Gasteiger partial charge in [-0.1, -0.05) is 6.08 Å². The van der Waals surface area contributed by atoms with Crippen molar-refractivity contribution >= 4 is 5.97 Å². The highest BCUT2D eigenvalue weighted by Gasteiger charge is 1.98. The van der Waals surface area contributed by atoms with E-state index in [1.54, 1.807) is 25.4 Å². The van der Waals surface area contributed by atoms with Gasteiger partial charge in [-0.3, -0.25) is 9.88 Å². The van der Waals surface area contributed by atoms with Gasteiger partial charge in [0, 0.05) is 31.6 Å². The molecule has 0 bridgehead atoms. The Labute approximate surface area is 102 Å².